The van der Waals surface area contributed by atoms with E-state index in [1.165, 1.54) is 18.3 Å². The molecular formula is C22H16Cl2N2O3. The van der Waals surface area contributed by atoms with Crippen LogP contribution in [0.15, 0.2) is 71.8 Å². The van der Waals surface area contributed by atoms with E-state index in [1.54, 1.807) is 42.5 Å². The third-order valence-corrected chi connectivity index (χ3v) is 4.54. The molecule has 7 heteroatoms. The molecule has 0 fully saturated rings. The number of hydrogen-bond acceptors (Lipinski definition) is 4. The van der Waals surface area contributed by atoms with Gasteiger partial charge in [-0.05, 0) is 54.4 Å². The summed E-state index contributed by atoms with van der Waals surface area (Å²) in [6.07, 6.45) is 1.46. The first-order valence-electron chi connectivity index (χ1n) is 8.60. The molecule has 0 aliphatic rings. The monoisotopic (exact) mass is 426 g/mol. The van der Waals surface area contributed by atoms with Gasteiger partial charge in [-0.25, -0.2) is 10.2 Å². The van der Waals surface area contributed by atoms with Crippen LogP contribution >= 0.6 is 23.2 Å². The number of amides is 1. The second-order valence-corrected chi connectivity index (χ2v) is 6.94. The Balaban J connectivity index is 1.66. The Bertz CT molecular complexity index is 1100. The summed E-state index contributed by atoms with van der Waals surface area (Å²) in [6.45, 7) is 1.85. The first kappa shape index (κ1) is 20.6. The van der Waals surface area contributed by atoms with Gasteiger partial charge in [0.1, 0.15) is 5.75 Å². The molecule has 0 aliphatic heterocycles. The van der Waals surface area contributed by atoms with Crippen LogP contribution in [-0.2, 0) is 0 Å². The van der Waals surface area contributed by atoms with Crippen LogP contribution in [0.1, 0.15) is 31.8 Å². The predicted octanol–water partition coefficient (Wildman–Crippen LogP) is 5.28. The van der Waals surface area contributed by atoms with E-state index in [0.29, 0.717) is 21.9 Å². The third-order valence-electron chi connectivity index (χ3n) is 3.99. The number of hydrogen-bond donors (Lipinski definition) is 1. The Morgan fingerprint density at radius 3 is 2.52 bits per heavy atom. The lowest BCUT2D eigenvalue weighted by molar-refractivity contribution is 0.0734. The minimum absolute atomic E-state index is 0.208. The molecule has 0 heterocycles. The second-order valence-electron chi connectivity index (χ2n) is 6.10. The van der Waals surface area contributed by atoms with Crippen molar-refractivity contribution in [3.63, 3.8) is 0 Å². The van der Waals surface area contributed by atoms with Crippen molar-refractivity contribution in [2.75, 3.05) is 0 Å². The summed E-state index contributed by atoms with van der Waals surface area (Å²) < 4.78 is 5.36. The average Bonchev–Trinajstić information content (AvgIpc) is 2.68. The highest BCUT2D eigenvalue weighted by atomic mass is 35.5. The van der Waals surface area contributed by atoms with Crippen molar-refractivity contribution in [2.45, 2.75) is 6.92 Å². The van der Waals surface area contributed by atoms with Crippen LogP contribution in [0.25, 0.3) is 0 Å². The lowest BCUT2D eigenvalue weighted by Crippen LogP contribution is -2.18. The molecular weight excluding hydrogens is 411 g/mol. The first-order chi connectivity index (χ1) is 13.9. The highest BCUT2D eigenvalue weighted by Crippen LogP contribution is 2.23. The van der Waals surface area contributed by atoms with Gasteiger partial charge in [0.25, 0.3) is 5.91 Å². The molecule has 5 nitrogen and oxygen atoms in total. The lowest BCUT2D eigenvalue weighted by atomic mass is 10.1. The fraction of sp³-hybridized carbons (Fsp3) is 0.0455. The summed E-state index contributed by atoms with van der Waals surface area (Å²) in [5, 5.41) is 4.60. The highest BCUT2D eigenvalue weighted by Gasteiger charge is 2.13. The molecule has 1 amide bonds. The van der Waals surface area contributed by atoms with Gasteiger partial charge in [0.15, 0.2) is 0 Å². The molecule has 29 heavy (non-hydrogen) atoms. The minimum Gasteiger partial charge on any atom is -0.423 e. The summed E-state index contributed by atoms with van der Waals surface area (Å²) >= 11 is 11.9. The molecule has 0 atom stereocenters. The number of aryl methyl sites for hydroxylation is 1. The number of ether oxygens (including phenoxy) is 1. The number of nitrogens with one attached hydrogen (secondary N) is 1. The lowest BCUT2D eigenvalue weighted by Gasteiger charge is -2.07. The van der Waals surface area contributed by atoms with Crippen LogP contribution < -0.4 is 10.2 Å². The van der Waals surface area contributed by atoms with Gasteiger partial charge in [-0.2, -0.15) is 5.10 Å². The van der Waals surface area contributed by atoms with Gasteiger partial charge in [0, 0.05) is 10.6 Å². The van der Waals surface area contributed by atoms with E-state index in [4.69, 9.17) is 27.9 Å². The Kier molecular flexibility index (Phi) is 6.65. The first-order valence-corrected chi connectivity index (χ1v) is 9.36. The Morgan fingerprint density at radius 2 is 1.76 bits per heavy atom. The van der Waals surface area contributed by atoms with Crippen LogP contribution in [0.5, 0.6) is 5.75 Å². The third kappa shape index (κ3) is 5.44. The van der Waals surface area contributed by atoms with Gasteiger partial charge < -0.3 is 4.74 Å². The molecule has 0 saturated carbocycles. The van der Waals surface area contributed by atoms with Gasteiger partial charge in [0.05, 0.1) is 16.8 Å². The minimum atomic E-state index is -0.603. The van der Waals surface area contributed by atoms with E-state index in [2.05, 4.69) is 10.5 Å². The van der Waals surface area contributed by atoms with Crippen molar-refractivity contribution in [1.29, 1.82) is 0 Å². The van der Waals surface area contributed by atoms with Crippen molar-refractivity contribution in [3.8, 4) is 5.75 Å². The van der Waals surface area contributed by atoms with E-state index in [1.807, 2.05) is 19.1 Å². The number of esters is 1. The zero-order chi connectivity index (χ0) is 20.8. The molecule has 0 aromatic heterocycles. The largest absolute Gasteiger partial charge is 0.423 e. The zero-order valence-corrected chi connectivity index (χ0v) is 16.9. The molecule has 0 bridgehead atoms. The average molecular weight is 427 g/mol. The summed E-state index contributed by atoms with van der Waals surface area (Å²) in [5.41, 5.74) is 4.73. The Hall–Kier alpha value is -3.15. The van der Waals surface area contributed by atoms with Crippen LogP contribution in [0.4, 0.5) is 0 Å². The van der Waals surface area contributed by atoms with E-state index < -0.39 is 5.97 Å². The van der Waals surface area contributed by atoms with Crippen LogP contribution in [0.3, 0.4) is 0 Å². The number of carbonyl (C=O) groups is 2. The second kappa shape index (κ2) is 9.37. The summed E-state index contributed by atoms with van der Waals surface area (Å²) in [4.78, 5) is 24.5. The van der Waals surface area contributed by atoms with E-state index in [-0.39, 0.29) is 16.5 Å². The standard InChI is InChI=1S/C22H16Cl2N2O3/c1-14-5-2-3-8-18(14)21(27)26-25-13-15-6-4-7-17(11-15)29-22(28)19-10-9-16(23)12-20(19)24/h2-13H,1H3,(H,26,27). The number of hydrazone groups is 1. The smallest absolute Gasteiger partial charge is 0.345 e. The topological polar surface area (TPSA) is 67.8 Å². The van der Waals surface area contributed by atoms with Crippen molar-refractivity contribution < 1.29 is 14.3 Å². The van der Waals surface area contributed by atoms with Crippen molar-refractivity contribution in [3.05, 3.63) is 99.0 Å². The molecule has 3 aromatic rings. The molecule has 0 saturated heterocycles. The maximum Gasteiger partial charge on any atom is 0.345 e. The fourth-order valence-electron chi connectivity index (χ4n) is 2.53. The molecule has 3 aromatic carbocycles. The van der Waals surface area contributed by atoms with Crippen LogP contribution in [0, 0.1) is 6.92 Å². The van der Waals surface area contributed by atoms with Gasteiger partial charge in [-0.15, -0.1) is 0 Å². The fourth-order valence-corrected chi connectivity index (χ4v) is 3.01. The molecule has 0 radical (unpaired) electrons. The summed E-state index contributed by atoms with van der Waals surface area (Å²) in [6, 6.07) is 18.5. The number of nitrogens with zero attached hydrogens (tertiary/aromatic N) is 1. The maximum absolute atomic E-state index is 12.3. The van der Waals surface area contributed by atoms with Crippen molar-refractivity contribution in [2.24, 2.45) is 5.10 Å². The Morgan fingerprint density at radius 1 is 0.966 bits per heavy atom. The van der Waals surface area contributed by atoms with Gasteiger partial charge in [-0.1, -0.05) is 53.5 Å². The van der Waals surface area contributed by atoms with E-state index in [0.717, 1.165) is 5.56 Å². The van der Waals surface area contributed by atoms with E-state index >= 15 is 0 Å². The normalized spacial score (nSPS) is 10.7. The number of benzene rings is 3. The molecule has 0 spiro atoms. The van der Waals surface area contributed by atoms with Crippen LogP contribution in [-0.4, -0.2) is 18.1 Å². The molecule has 146 valence electrons. The summed E-state index contributed by atoms with van der Waals surface area (Å²) in [7, 11) is 0. The number of rotatable bonds is 5. The number of halogens is 2. The molecule has 3 rings (SSSR count). The van der Waals surface area contributed by atoms with Crippen molar-refractivity contribution in [1.82, 2.24) is 5.43 Å². The zero-order valence-electron chi connectivity index (χ0n) is 15.4. The quantitative estimate of drug-likeness (QED) is 0.261. The van der Waals surface area contributed by atoms with Gasteiger partial charge in [0.2, 0.25) is 0 Å². The number of carbonyl (C=O) groups excluding carboxylic acids is 2. The van der Waals surface area contributed by atoms with Gasteiger partial charge in [-0.3, -0.25) is 4.79 Å². The predicted molar refractivity (Wildman–Crippen MR) is 114 cm³/mol. The molecule has 1 N–H and O–H groups in total. The van der Waals surface area contributed by atoms with Crippen molar-refractivity contribution >= 4 is 41.3 Å². The van der Waals surface area contributed by atoms with E-state index in [9.17, 15) is 9.59 Å². The summed E-state index contributed by atoms with van der Waals surface area (Å²) in [5.74, 6) is -0.594. The molecule has 0 aliphatic carbocycles. The molecule has 0 unspecified atom stereocenters. The SMILES string of the molecule is Cc1ccccc1C(=O)NN=Cc1cccc(OC(=O)c2ccc(Cl)cc2Cl)c1. The highest BCUT2D eigenvalue weighted by molar-refractivity contribution is 6.36. The Labute approximate surface area is 177 Å². The van der Waals surface area contributed by atoms with Gasteiger partial charge >= 0.3 is 5.97 Å². The maximum atomic E-state index is 12.3. The van der Waals surface area contributed by atoms with Crippen LogP contribution in [0.2, 0.25) is 10.0 Å².